The number of halogens is 1. The second-order valence-electron chi connectivity index (χ2n) is 8.48. The van der Waals surface area contributed by atoms with Crippen LogP contribution in [-0.4, -0.2) is 25.0 Å². The maximum Gasteiger partial charge on any atom is 0.330 e. The molecule has 32 heavy (non-hydrogen) atoms. The van der Waals surface area contributed by atoms with Gasteiger partial charge in [-0.25, -0.2) is 9.78 Å². The van der Waals surface area contributed by atoms with Gasteiger partial charge in [-0.1, -0.05) is 44.9 Å². The monoisotopic (exact) mass is 459 g/mol. The molecule has 0 fully saturated rings. The number of hydrogen-bond acceptors (Lipinski definition) is 4. The van der Waals surface area contributed by atoms with Gasteiger partial charge in [0.05, 0.1) is 0 Å². The number of H-pyrrole nitrogens is 1. The molecule has 0 aliphatic heterocycles. The number of carbonyl (C=O) groups excluding carboxylic acids is 1. The van der Waals surface area contributed by atoms with Crippen LogP contribution in [0.15, 0.2) is 27.8 Å². The van der Waals surface area contributed by atoms with Crippen LogP contribution in [0.3, 0.4) is 0 Å². The van der Waals surface area contributed by atoms with E-state index >= 15 is 0 Å². The summed E-state index contributed by atoms with van der Waals surface area (Å²) in [4.78, 5) is 44.7. The minimum absolute atomic E-state index is 0.176. The molecule has 1 amide bonds. The van der Waals surface area contributed by atoms with E-state index in [4.69, 9.17) is 11.6 Å². The van der Waals surface area contributed by atoms with Crippen molar-refractivity contribution < 1.29 is 4.79 Å². The summed E-state index contributed by atoms with van der Waals surface area (Å²) < 4.78 is 3.37. The molecule has 0 saturated heterocycles. The summed E-state index contributed by atoms with van der Waals surface area (Å²) in [5.41, 5.74) is 1.43. The van der Waals surface area contributed by atoms with Crippen LogP contribution in [-0.2, 0) is 24.3 Å². The molecule has 0 spiro atoms. The van der Waals surface area contributed by atoms with Crippen LogP contribution in [0.2, 0.25) is 5.02 Å². The molecule has 0 unspecified atom stereocenters. The molecule has 2 heterocycles. The van der Waals surface area contributed by atoms with E-state index in [0.717, 1.165) is 18.4 Å². The minimum atomic E-state index is -0.453. The number of aromatic nitrogens is 4. The Labute approximate surface area is 191 Å². The highest BCUT2D eigenvalue weighted by atomic mass is 35.5. The number of hydrogen-bond donors (Lipinski definition) is 2. The van der Waals surface area contributed by atoms with Crippen LogP contribution in [0.5, 0.6) is 0 Å². The third-order valence-electron chi connectivity index (χ3n) is 5.28. The highest BCUT2D eigenvalue weighted by Gasteiger charge is 2.19. The smallest absolute Gasteiger partial charge is 0.326 e. The number of imidazole rings is 1. The average molecular weight is 460 g/mol. The van der Waals surface area contributed by atoms with Gasteiger partial charge < -0.3 is 9.88 Å². The third-order valence-corrected chi connectivity index (χ3v) is 5.69. The Balaban J connectivity index is 1.91. The van der Waals surface area contributed by atoms with Gasteiger partial charge in [-0.3, -0.25) is 19.1 Å². The summed E-state index contributed by atoms with van der Waals surface area (Å²) in [6.45, 7) is 9.08. The fourth-order valence-electron chi connectivity index (χ4n) is 3.61. The van der Waals surface area contributed by atoms with Gasteiger partial charge in [0.25, 0.3) is 5.56 Å². The van der Waals surface area contributed by atoms with Crippen molar-refractivity contribution in [3.63, 3.8) is 0 Å². The summed E-state index contributed by atoms with van der Waals surface area (Å²) in [5, 5.41) is 3.44. The predicted octanol–water partition coefficient (Wildman–Crippen LogP) is 3.88. The average Bonchev–Trinajstić information content (AvgIpc) is 3.07. The first-order valence-electron chi connectivity index (χ1n) is 11.0. The van der Waals surface area contributed by atoms with E-state index in [1.807, 2.05) is 38.3 Å². The molecule has 3 rings (SSSR count). The first-order valence-corrected chi connectivity index (χ1v) is 11.4. The molecule has 0 saturated carbocycles. The van der Waals surface area contributed by atoms with Crippen molar-refractivity contribution in [2.24, 2.45) is 5.92 Å². The van der Waals surface area contributed by atoms with Crippen LogP contribution in [0, 0.1) is 12.8 Å². The summed E-state index contributed by atoms with van der Waals surface area (Å²) in [6, 6.07) is 5.37. The topological polar surface area (TPSA) is 102 Å². The first kappa shape index (κ1) is 23.8. The fraction of sp³-hybridized carbons (Fsp3) is 0.478. The van der Waals surface area contributed by atoms with E-state index in [0.29, 0.717) is 47.2 Å². The Morgan fingerprint density at radius 2 is 2.00 bits per heavy atom. The SMILES string of the molecule is CCCCn1c(=O)[nH]c(=O)c2c1nc(CCC(=O)Nc1ccc(C)c(Cl)c1)n2CC(C)C. The van der Waals surface area contributed by atoms with Gasteiger partial charge in [-0.05, 0) is 37.0 Å². The molecule has 0 bridgehead atoms. The molecule has 9 heteroatoms. The predicted molar refractivity (Wildman–Crippen MR) is 127 cm³/mol. The molecule has 8 nitrogen and oxygen atoms in total. The zero-order valence-electron chi connectivity index (χ0n) is 19.0. The summed E-state index contributed by atoms with van der Waals surface area (Å²) in [5.74, 6) is 0.697. The first-order chi connectivity index (χ1) is 15.2. The molecule has 2 N–H and O–H groups in total. The number of rotatable bonds is 9. The third kappa shape index (κ3) is 5.30. The van der Waals surface area contributed by atoms with E-state index in [-0.39, 0.29) is 18.2 Å². The molecule has 0 aliphatic rings. The second kappa shape index (κ2) is 10.2. The number of aryl methyl sites for hydroxylation is 3. The molecule has 0 aliphatic carbocycles. The number of nitrogens with zero attached hydrogens (tertiary/aromatic N) is 3. The van der Waals surface area contributed by atoms with Crippen molar-refractivity contribution in [2.45, 2.75) is 66.5 Å². The normalized spacial score (nSPS) is 11.4. The highest BCUT2D eigenvalue weighted by molar-refractivity contribution is 6.31. The lowest BCUT2D eigenvalue weighted by Gasteiger charge is -2.12. The quantitative estimate of drug-likeness (QED) is 0.507. The highest BCUT2D eigenvalue weighted by Crippen LogP contribution is 2.21. The number of benzene rings is 1. The summed E-state index contributed by atoms with van der Waals surface area (Å²) >= 11 is 6.14. The van der Waals surface area contributed by atoms with Crippen molar-refractivity contribution in [3.8, 4) is 0 Å². The van der Waals surface area contributed by atoms with Gasteiger partial charge in [-0.15, -0.1) is 0 Å². The molecular formula is C23H30ClN5O3. The van der Waals surface area contributed by atoms with Gasteiger partial charge >= 0.3 is 5.69 Å². The van der Waals surface area contributed by atoms with Crippen molar-refractivity contribution in [2.75, 3.05) is 5.32 Å². The van der Waals surface area contributed by atoms with Crippen molar-refractivity contribution in [1.82, 2.24) is 19.1 Å². The van der Waals surface area contributed by atoms with Crippen LogP contribution in [0.25, 0.3) is 11.2 Å². The Bertz CT molecular complexity index is 1240. The van der Waals surface area contributed by atoms with E-state index in [1.54, 1.807) is 12.1 Å². The number of amides is 1. The second-order valence-corrected chi connectivity index (χ2v) is 8.89. The van der Waals surface area contributed by atoms with E-state index in [1.165, 1.54) is 4.57 Å². The summed E-state index contributed by atoms with van der Waals surface area (Å²) in [6.07, 6.45) is 2.24. The van der Waals surface area contributed by atoms with Gasteiger partial charge in [0.1, 0.15) is 5.82 Å². The van der Waals surface area contributed by atoms with Crippen molar-refractivity contribution in [1.29, 1.82) is 0 Å². The molecule has 3 aromatic rings. The molecule has 0 atom stereocenters. The number of aromatic amines is 1. The Hall–Kier alpha value is -2.87. The van der Waals surface area contributed by atoms with Crippen LogP contribution in [0.1, 0.15) is 51.4 Å². The fourth-order valence-corrected chi connectivity index (χ4v) is 3.79. The van der Waals surface area contributed by atoms with Gasteiger partial charge in [0.2, 0.25) is 5.91 Å². The van der Waals surface area contributed by atoms with Crippen molar-refractivity contribution >= 4 is 34.4 Å². The number of carbonyl (C=O) groups is 1. The Kier molecular flexibility index (Phi) is 7.56. The van der Waals surface area contributed by atoms with Gasteiger partial charge in [0.15, 0.2) is 11.2 Å². The van der Waals surface area contributed by atoms with Crippen LogP contribution in [0.4, 0.5) is 5.69 Å². The number of nitrogens with one attached hydrogen (secondary N) is 2. The van der Waals surface area contributed by atoms with E-state index in [2.05, 4.69) is 15.3 Å². The minimum Gasteiger partial charge on any atom is -0.326 e. The van der Waals surface area contributed by atoms with Crippen LogP contribution >= 0.6 is 11.6 Å². The van der Waals surface area contributed by atoms with Gasteiger partial charge in [-0.2, -0.15) is 0 Å². The van der Waals surface area contributed by atoms with Crippen LogP contribution < -0.4 is 16.6 Å². The standard InChI is InChI=1S/C23H30ClN5O3/c1-5-6-11-28-21-20(22(31)27-23(28)32)29(13-14(2)3)18(26-21)9-10-19(30)25-16-8-7-15(4)17(24)12-16/h7-8,12,14H,5-6,9-11,13H2,1-4H3,(H,25,30)(H,27,31,32). The van der Waals surface area contributed by atoms with E-state index < -0.39 is 11.2 Å². The lowest BCUT2D eigenvalue weighted by molar-refractivity contribution is -0.116. The van der Waals surface area contributed by atoms with Crippen molar-refractivity contribution in [3.05, 3.63) is 55.4 Å². The molecule has 2 aromatic heterocycles. The van der Waals surface area contributed by atoms with Gasteiger partial charge in [0, 0.05) is 36.6 Å². The maximum atomic E-state index is 12.7. The molecule has 0 radical (unpaired) electrons. The number of fused-ring (bicyclic) bond motifs is 1. The Morgan fingerprint density at radius 1 is 1.25 bits per heavy atom. The maximum absolute atomic E-state index is 12.7. The number of unbranched alkanes of at least 4 members (excludes halogenated alkanes) is 1. The lowest BCUT2D eigenvalue weighted by atomic mass is 10.2. The zero-order chi connectivity index (χ0) is 23.4. The Morgan fingerprint density at radius 3 is 2.66 bits per heavy atom. The summed E-state index contributed by atoms with van der Waals surface area (Å²) in [7, 11) is 0. The molecular weight excluding hydrogens is 430 g/mol. The van der Waals surface area contributed by atoms with E-state index in [9.17, 15) is 14.4 Å². The molecule has 172 valence electrons. The lowest BCUT2D eigenvalue weighted by Crippen LogP contribution is -2.31. The number of anilines is 1. The zero-order valence-corrected chi connectivity index (χ0v) is 19.8. The largest absolute Gasteiger partial charge is 0.330 e. The molecule has 1 aromatic carbocycles.